The van der Waals surface area contributed by atoms with Crippen molar-refractivity contribution in [2.24, 2.45) is 20.0 Å². The fourth-order valence-corrected chi connectivity index (χ4v) is 6.50. The Morgan fingerprint density at radius 1 is 0.440 bits per heavy atom. The van der Waals surface area contributed by atoms with Crippen LogP contribution < -0.4 is 10.6 Å². The van der Waals surface area contributed by atoms with Crippen molar-refractivity contribution in [3.8, 4) is 0 Å². The summed E-state index contributed by atoms with van der Waals surface area (Å²) < 4.78 is 21.3. The molecule has 0 heterocycles. The number of anilines is 2. The lowest BCUT2D eigenvalue weighted by Crippen LogP contribution is -2.28. The summed E-state index contributed by atoms with van der Waals surface area (Å²) in [5.41, 5.74) is 9.87. The smallest absolute Gasteiger partial charge is 0.411 e. The molecule has 0 saturated heterocycles. The number of hydrogen-bond acceptors (Lipinski definition) is 16. The first kappa shape index (κ1) is 58.8. The number of isocyanates is 4. The van der Waals surface area contributed by atoms with Gasteiger partial charge in [0.25, 0.3) is 0 Å². The van der Waals surface area contributed by atoms with Gasteiger partial charge in [0.2, 0.25) is 24.3 Å². The van der Waals surface area contributed by atoms with Crippen molar-refractivity contribution in [1.29, 1.82) is 0 Å². The number of aliphatic hydroxyl groups is 2. The molecule has 18 nitrogen and oxygen atoms in total. The number of aliphatic imine (C=N–C) groups is 4. The number of amides is 2. The SMILES string of the molecule is CC(COC(=O)Nc1ccc(Cc2ccc(N=C=O)cc2)cc1)OCC(C)OC(=O)Nc1ccc(Cc2ccc(N=C=O)cc2)cc1.CC(O)COC(C)CO.O=C=Nc1ccc(Cc2ccc(N=C=O)cc2)cc1. The number of ether oxygens (including phenoxy) is 4. The van der Waals surface area contributed by atoms with Crippen LogP contribution in [0.25, 0.3) is 0 Å². The average Bonchev–Trinajstić information content (AvgIpc) is 3.41. The topological polar surface area (TPSA) is 253 Å². The summed E-state index contributed by atoms with van der Waals surface area (Å²) in [5, 5.41) is 22.5. The summed E-state index contributed by atoms with van der Waals surface area (Å²) in [6.07, 6.45) is 5.36. The number of nitrogens with one attached hydrogen (secondary N) is 2. The average molecular weight is 1020 g/mol. The summed E-state index contributed by atoms with van der Waals surface area (Å²) in [7, 11) is 0. The predicted molar refractivity (Wildman–Crippen MR) is 282 cm³/mol. The fourth-order valence-electron chi connectivity index (χ4n) is 6.50. The van der Waals surface area contributed by atoms with E-state index in [-0.39, 0.29) is 25.9 Å². The van der Waals surface area contributed by atoms with Gasteiger partial charge >= 0.3 is 12.2 Å². The zero-order valence-corrected chi connectivity index (χ0v) is 41.9. The van der Waals surface area contributed by atoms with Crippen molar-refractivity contribution in [3.63, 3.8) is 0 Å². The number of rotatable bonds is 22. The summed E-state index contributed by atoms with van der Waals surface area (Å²) in [5.74, 6) is 0. The first-order chi connectivity index (χ1) is 36.3. The van der Waals surface area contributed by atoms with Gasteiger partial charge in [-0.3, -0.25) is 10.6 Å². The van der Waals surface area contributed by atoms with E-state index in [4.69, 9.17) is 29.2 Å². The Balaban J connectivity index is 0.000000353. The Kier molecular flexibility index (Phi) is 25.9. The molecule has 18 heteroatoms. The zero-order chi connectivity index (χ0) is 54.2. The Bertz CT molecular complexity index is 2810. The zero-order valence-electron chi connectivity index (χ0n) is 41.9. The van der Waals surface area contributed by atoms with Crippen molar-refractivity contribution in [2.75, 3.05) is 37.1 Å². The number of hydrogen-bond donors (Lipinski definition) is 4. The maximum absolute atomic E-state index is 12.3. The minimum absolute atomic E-state index is 0.00667. The van der Waals surface area contributed by atoms with Crippen LogP contribution in [-0.4, -0.2) is 97.6 Å². The number of aliphatic hydroxyl groups excluding tert-OH is 2. The Labute approximate surface area is 434 Å². The molecule has 388 valence electrons. The molecule has 2 amide bonds. The third-order valence-corrected chi connectivity index (χ3v) is 10.3. The van der Waals surface area contributed by atoms with Gasteiger partial charge in [-0.15, -0.1) is 0 Å². The van der Waals surface area contributed by atoms with Gasteiger partial charge in [-0.1, -0.05) is 72.8 Å². The minimum atomic E-state index is -0.614. The number of benzene rings is 6. The van der Waals surface area contributed by atoms with Gasteiger partial charge in [0.1, 0.15) is 12.7 Å². The highest BCUT2D eigenvalue weighted by Gasteiger charge is 2.14. The number of carbonyl (C=O) groups is 2. The quantitative estimate of drug-likeness (QED) is 0.0366. The Morgan fingerprint density at radius 2 is 0.747 bits per heavy atom. The van der Waals surface area contributed by atoms with E-state index >= 15 is 0 Å². The summed E-state index contributed by atoms with van der Waals surface area (Å²) >= 11 is 0. The second-order valence-electron chi connectivity index (χ2n) is 16.8. The van der Waals surface area contributed by atoms with E-state index in [2.05, 4.69) is 30.6 Å². The van der Waals surface area contributed by atoms with Gasteiger partial charge in [-0.25, -0.2) is 28.8 Å². The van der Waals surface area contributed by atoms with Crippen LogP contribution in [0.2, 0.25) is 0 Å². The van der Waals surface area contributed by atoms with Crippen LogP contribution in [0, 0.1) is 0 Å². The van der Waals surface area contributed by atoms with E-state index < -0.39 is 30.5 Å². The molecule has 0 fully saturated rings. The van der Waals surface area contributed by atoms with E-state index in [1.807, 2.05) is 72.8 Å². The van der Waals surface area contributed by atoms with Crippen LogP contribution in [0.15, 0.2) is 166 Å². The molecule has 0 aromatic heterocycles. The van der Waals surface area contributed by atoms with Crippen LogP contribution >= 0.6 is 0 Å². The van der Waals surface area contributed by atoms with E-state index in [1.165, 1.54) is 24.3 Å². The molecular formula is C57H58N6O12. The van der Waals surface area contributed by atoms with Crippen molar-refractivity contribution >= 4 is 70.6 Å². The molecule has 0 saturated carbocycles. The van der Waals surface area contributed by atoms with Gasteiger partial charge < -0.3 is 29.2 Å². The lowest BCUT2D eigenvalue weighted by Gasteiger charge is -2.18. The summed E-state index contributed by atoms with van der Waals surface area (Å²) in [6, 6.07) is 44.1. The van der Waals surface area contributed by atoms with Crippen molar-refractivity contribution < 1.29 is 57.9 Å². The molecule has 6 aromatic carbocycles. The third kappa shape index (κ3) is 24.0. The molecule has 4 N–H and O–H groups in total. The molecule has 0 aliphatic carbocycles. The molecule has 4 unspecified atom stereocenters. The van der Waals surface area contributed by atoms with Gasteiger partial charge in [-0.05, 0) is 153 Å². The monoisotopic (exact) mass is 1020 g/mol. The fraction of sp³-hybridized carbons (Fsp3) is 0.263. The predicted octanol–water partition coefficient (Wildman–Crippen LogP) is 10.4. The first-order valence-electron chi connectivity index (χ1n) is 23.6. The molecule has 0 spiro atoms. The van der Waals surface area contributed by atoms with E-state index in [0.29, 0.717) is 53.6 Å². The van der Waals surface area contributed by atoms with Crippen molar-refractivity contribution in [3.05, 3.63) is 179 Å². The molecule has 6 rings (SSSR count). The van der Waals surface area contributed by atoms with Gasteiger partial charge in [0.05, 0.1) is 60.9 Å². The van der Waals surface area contributed by atoms with Crippen LogP contribution in [0.3, 0.4) is 0 Å². The van der Waals surface area contributed by atoms with Gasteiger partial charge in [-0.2, -0.15) is 20.0 Å². The third-order valence-electron chi connectivity index (χ3n) is 10.3. The first-order valence-corrected chi connectivity index (χ1v) is 23.6. The molecule has 75 heavy (non-hydrogen) atoms. The number of carbonyl (C=O) groups excluding carboxylic acids is 6. The van der Waals surface area contributed by atoms with Crippen molar-refractivity contribution in [2.45, 2.75) is 71.4 Å². The molecule has 6 aromatic rings. The van der Waals surface area contributed by atoms with E-state index in [9.17, 15) is 28.8 Å². The van der Waals surface area contributed by atoms with Crippen LogP contribution in [0.5, 0.6) is 0 Å². The van der Waals surface area contributed by atoms with Gasteiger partial charge in [0.15, 0.2) is 0 Å². The van der Waals surface area contributed by atoms with E-state index in [0.717, 1.165) is 39.8 Å². The summed E-state index contributed by atoms with van der Waals surface area (Å²) in [4.78, 5) is 79.8. The van der Waals surface area contributed by atoms with E-state index in [1.54, 1.807) is 100 Å². The van der Waals surface area contributed by atoms with Crippen LogP contribution in [0.4, 0.5) is 43.7 Å². The summed E-state index contributed by atoms with van der Waals surface area (Å²) in [6.45, 7) is 7.28. The van der Waals surface area contributed by atoms with Crippen LogP contribution in [-0.2, 0) is 57.4 Å². The normalized spacial score (nSPS) is 11.7. The molecule has 4 atom stereocenters. The molecule has 0 radical (unpaired) electrons. The molecular weight excluding hydrogens is 961 g/mol. The lowest BCUT2D eigenvalue weighted by atomic mass is 10.0. The Hall–Kier alpha value is -8.78. The standard InChI is InChI=1S/C36H34N4O7.C15H10N2O2.C6H14O3/c1-25(21-46-35(43)39-33-15-7-29(8-16-33)19-27-3-11-31(12-4-27)37-23-41)45-22-26(2)47-36(44)40-34-17-9-30(10-18-34)20-28-5-13-32(14-6-28)38-24-42;18-10-16-14-5-1-12(2-6-14)9-13-3-7-15(8-4-13)17-11-19;1-5(8)4-9-6(2)3-7/h3-18,25-26H,19-22H2,1-2H3,(H,39,43)(H,40,44);1-8H,9H2;5-8H,3-4H2,1-2H3. The molecule has 0 aliphatic heterocycles. The van der Waals surface area contributed by atoms with Crippen LogP contribution in [0.1, 0.15) is 61.1 Å². The largest absolute Gasteiger partial charge is 0.447 e. The lowest BCUT2D eigenvalue weighted by molar-refractivity contribution is -0.0231. The van der Waals surface area contributed by atoms with Gasteiger partial charge in [0, 0.05) is 11.4 Å². The maximum Gasteiger partial charge on any atom is 0.411 e. The molecule has 0 bridgehead atoms. The second-order valence-corrected chi connectivity index (χ2v) is 16.8. The molecule has 0 aliphatic rings. The second kappa shape index (κ2) is 33.0. The highest BCUT2D eigenvalue weighted by atomic mass is 16.6. The highest BCUT2D eigenvalue weighted by Crippen LogP contribution is 2.21. The minimum Gasteiger partial charge on any atom is -0.447 e. The Morgan fingerprint density at radius 3 is 1.05 bits per heavy atom. The number of nitrogens with zero attached hydrogens (tertiary/aromatic N) is 4. The highest BCUT2D eigenvalue weighted by molar-refractivity contribution is 5.85. The maximum atomic E-state index is 12.3. The van der Waals surface area contributed by atoms with Crippen molar-refractivity contribution in [1.82, 2.24) is 0 Å².